The first-order chi connectivity index (χ1) is 15.5. The number of hydrogen-bond donors (Lipinski definition) is 2. The van der Waals surface area contributed by atoms with E-state index in [4.69, 9.17) is 13.9 Å². The molecule has 0 radical (unpaired) electrons. The highest BCUT2D eigenvalue weighted by Crippen LogP contribution is 2.41. The number of aliphatic hydroxyl groups excluding tert-OH is 1. The molecule has 4 rings (SSSR count). The number of carbonyl (C=O) groups is 2. The van der Waals surface area contributed by atoms with Crippen LogP contribution in [0.25, 0.3) is 11.0 Å². The van der Waals surface area contributed by atoms with Gasteiger partial charge in [-0.05, 0) is 36.2 Å². The molecule has 1 amide bonds. The molecule has 2 N–H and O–H groups in total. The zero-order valence-corrected chi connectivity index (χ0v) is 17.7. The van der Waals surface area contributed by atoms with Gasteiger partial charge in [0, 0.05) is 25.6 Å². The molecule has 0 unspecified atom stereocenters. The fourth-order valence-corrected chi connectivity index (χ4v) is 3.93. The predicted octanol–water partition coefficient (Wildman–Crippen LogP) is 3.76. The van der Waals surface area contributed by atoms with Crippen LogP contribution >= 0.6 is 0 Å². The summed E-state index contributed by atoms with van der Waals surface area (Å²) in [7, 11) is 2.96. The lowest BCUT2D eigenvalue weighted by molar-refractivity contribution is -0.129. The van der Waals surface area contributed by atoms with Gasteiger partial charge in [0.1, 0.15) is 5.58 Å². The number of ketones is 1. The monoisotopic (exact) mass is 437 g/mol. The molecular formula is C24H23NO7. The molecule has 0 saturated carbocycles. The minimum atomic E-state index is -0.880. The van der Waals surface area contributed by atoms with Crippen LogP contribution in [0.1, 0.15) is 28.6 Å². The number of benzene rings is 2. The van der Waals surface area contributed by atoms with Gasteiger partial charge in [-0.25, -0.2) is 0 Å². The molecule has 166 valence electrons. The quantitative estimate of drug-likeness (QED) is 0.408. The first-order valence-electron chi connectivity index (χ1n) is 10.1. The number of phenolic OH excluding ortho intramolecular Hbond substituents is 1. The topological polar surface area (TPSA) is 109 Å². The van der Waals surface area contributed by atoms with E-state index >= 15 is 0 Å². The number of nitrogens with zero attached hydrogens (tertiary/aromatic N) is 1. The third kappa shape index (κ3) is 3.69. The normalized spacial score (nSPS) is 16.2. The Balaban J connectivity index is 1.80. The maximum absolute atomic E-state index is 13.5. The Kier molecular flexibility index (Phi) is 5.87. The van der Waals surface area contributed by atoms with Crippen molar-refractivity contribution in [2.75, 3.05) is 27.4 Å². The van der Waals surface area contributed by atoms with E-state index in [2.05, 4.69) is 0 Å². The number of furan rings is 1. The van der Waals surface area contributed by atoms with Gasteiger partial charge in [-0.1, -0.05) is 24.3 Å². The number of phenols is 1. The van der Waals surface area contributed by atoms with Gasteiger partial charge in [-0.2, -0.15) is 0 Å². The zero-order valence-electron chi connectivity index (χ0n) is 17.7. The number of ether oxygens (including phenoxy) is 2. The molecule has 8 heteroatoms. The van der Waals surface area contributed by atoms with Crippen molar-refractivity contribution in [3.63, 3.8) is 0 Å². The molecule has 0 fully saturated rings. The second kappa shape index (κ2) is 8.76. The number of hydrogen-bond acceptors (Lipinski definition) is 7. The Morgan fingerprint density at radius 1 is 1.12 bits per heavy atom. The minimum Gasteiger partial charge on any atom is -0.504 e. The van der Waals surface area contributed by atoms with Gasteiger partial charge in [0.25, 0.3) is 5.91 Å². The SMILES string of the molecule is COCCCN1C(=O)C(O)=C(C(=O)c2cc3ccccc3o2)[C@@H]1c1ccc(O)c(OC)c1. The lowest BCUT2D eigenvalue weighted by atomic mass is 9.94. The van der Waals surface area contributed by atoms with Crippen LogP contribution in [0.15, 0.2) is 64.3 Å². The van der Waals surface area contributed by atoms with Gasteiger partial charge in [-0.15, -0.1) is 0 Å². The molecule has 0 saturated heterocycles. The summed E-state index contributed by atoms with van der Waals surface area (Å²) < 4.78 is 16.0. The molecule has 1 aromatic heterocycles. The lowest BCUT2D eigenvalue weighted by Crippen LogP contribution is -2.32. The van der Waals surface area contributed by atoms with Crippen molar-refractivity contribution in [3.05, 3.63) is 71.2 Å². The van der Waals surface area contributed by atoms with Gasteiger partial charge >= 0.3 is 0 Å². The smallest absolute Gasteiger partial charge is 0.290 e. The Hall–Kier alpha value is -3.78. The van der Waals surface area contributed by atoms with Crippen molar-refractivity contribution in [1.29, 1.82) is 0 Å². The largest absolute Gasteiger partial charge is 0.504 e. The number of aromatic hydroxyl groups is 1. The predicted molar refractivity (Wildman–Crippen MR) is 116 cm³/mol. The number of amides is 1. The third-order valence-corrected chi connectivity index (χ3v) is 5.46. The number of fused-ring (bicyclic) bond motifs is 1. The van der Waals surface area contributed by atoms with E-state index in [1.54, 1.807) is 37.4 Å². The molecule has 0 spiro atoms. The zero-order chi connectivity index (χ0) is 22.8. The second-order valence-electron chi connectivity index (χ2n) is 7.42. The number of para-hydroxylation sites is 1. The molecule has 2 aromatic carbocycles. The molecular weight excluding hydrogens is 414 g/mol. The molecule has 2 heterocycles. The Morgan fingerprint density at radius 3 is 2.62 bits per heavy atom. The van der Waals surface area contributed by atoms with Crippen LogP contribution in [0, 0.1) is 0 Å². The number of carbonyl (C=O) groups excluding carboxylic acids is 2. The van der Waals surface area contributed by atoms with Gasteiger partial charge in [0.15, 0.2) is 23.0 Å². The molecule has 8 nitrogen and oxygen atoms in total. The fraction of sp³-hybridized carbons (Fsp3) is 0.250. The van der Waals surface area contributed by atoms with Crippen LogP contribution < -0.4 is 4.74 Å². The number of Topliss-reactive ketones (excluding diaryl/α,β-unsaturated/α-hetero) is 1. The molecule has 0 aliphatic carbocycles. The molecule has 1 aliphatic rings. The Bertz CT molecular complexity index is 1180. The van der Waals surface area contributed by atoms with Crippen molar-refractivity contribution in [2.45, 2.75) is 12.5 Å². The summed E-state index contributed by atoms with van der Waals surface area (Å²) in [6, 6.07) is 12.4. The van der Waals surface area contributed by atoms with Gasteiger partial charge in [-0.3, -0.25) is 9.59 Å². The summed E-state index contributed by atoms with van der Waals surface area (Å²) in [5, 5.41) is 21.4. The van der Waals surface area contributed by atoms with E-state index in [9.17, 15) is 19.8 Å². The van der Waals surface area contributed by atoms with Gasteiger partial charge in [0.2, 0.25) is 5.78 Å². The van der Waals surface area contributed by atoms with Gasteiger partial charge < -0.3 is 29.0 Å². The van der Waals surface area contributed by atoms with Crippen LogP contribution in [0.4, 0.5) is 0 Å². The molecule has 1 aliphatic heterocycles. The molecule has 3 aromatic rings. The highest BCUT2D eigenvalue weighted by molar-refractivity contribution is 6.16. The molecule has 32 heavy (non-hydrogen) atoms. The summed E-state index contributed by atoms with van der Waals surface area (Å²) in [5.41, 5.74) is 0.952. The lowest BCUT2D eigenvalue weighted by Gasteiger charge is -2.27. The third-order valence-electron chi connectivity index (χ3n) is 5.46. The maximum atomic E-state index is 13.5. The highest BCUT2D eigenvalue weighted by atomic mass is 16.5. The van der Waals surface area contributed by atoms with E-state index in [-0.39, 0.29) is 29.4 Å². The van der Waals surface area contributed by atoms with Crippen LogP contribution in [-0.4, -0.2) is 54.2 Å². The van der Waals surface area contributed by atoms with E-state index in [1.165, 1.54) is 18.1 Å². The van der Waals surface area contributed by atoms with Crippen LogP contribution in [-0.2, 0) is 9.53 Å². The van der Waals surface area contributed by atoms with Crippen molar-refractivity contribution < 1.29 is 33.7 Å². The summed E-state index contributed by atoms with van der Waals surface area (Å²) in [6.45, 7) is 0.657. The van der Waals surface area contributed by atoms with Crippen LogP contribution in [0.3, 0.4) is 0 Å². The second-order valence-corrected chi connectivity index (χ2v) is 7.42. The fourth-order valence-electron chi connectivity index (χ4n) is 3.93. The van der Waals surface area contributed by atoms with Gasteiger partial charge in [0.05, 0.1) is 18.7 Å². The van der Waals surface area contributed by atoms with E-state index in [1.807, 2.05) is 12.1 Å². The highest BCUT2D eigenvalue weighted by Gasteiger charge is 2.44. The van der Waals surface area contributed by atoms with Crippen LogP contribution in [0.5, 0.6) is 11.5 Å². The van der Waals surface area contributed by atoms with Crippen molar-refractivity contribution in [3.8, 4) is 11.5 Å². The molecule has 1 atom stereocenters. The standard InChI is InChI=1S/C24H23NO7/c1-30-11-5-10-25-21(15-8-9-16(26)18(13-15)31-2)20(23(28)24(25)29)22(27)19-12-14-6-3-4-7-17(14)32-19/h3-4,6-9,12-13,21,26,28H,5,10-11H2,1-2H3/t21-/m0/s1. The van der Waals surface area contributed by atoms with E-state index in [0.29, 0.717) is 24.2 Å². The van der Waals surface area contributed by atoms with Crippen molar-refractivity contribution >= 4 is 22.7 Å². The maximum Gasteiger partial charge on any atom is 0.290 e. The van der Waals surface area contributed by atoms with E-state index in [0.717, 1.165) is 5.39 Å². The average Bonchev–Trinajstić information content (AvgIpc) is 3.34. The van der Waals surface area contributed by atoms with E-state index < -0.39 is 23.5 Å². The van der Waals surface area contributed by atoms with Crippen molar-refractivity contribution in [2.24, 2.45) is 0 Å². The minimum absolute atomic E-state index is 0.0232. The molecule has 0 bridgehead atoms. The first kappa shape index (κ1) is 21.5. The Morgan fingerprint density at radius 2 is 1.91 bits per heavy atom. The summed E-state index contributed by atoms with van der Waals surface area (Å²) in [6.07, 6.45) is 0.507. The number of aliphatic hydroxyl groups is 1. The Labute approximate surface area is 184 Å². The summed E-state index contributed by atoms with van der Waals surface area (Å²) >= 11 is 0. The number of methoxy groups -OCH3 is 2. The average molecular weight is 437 g/mol. The number of rotatable bonds is 8. The first-order valence-corrected chi connectivity index (χ1v) is 10.1. The summed E-state index contributed by atoms with van der Waals surface area (Å²) in [5.74, 6) is -1.73. The summed E-state index contributed by atoms with van der Waals surface area (Å²) in [4.78, 5) is 27.8. The van der Waals surface area contributed by atoms with Crippen molar-refractivity contribution in [1.82, 2.24) is 4.90 Å². The van der Waals surface area contributed by atoms with Crippen LogP contribution in [0.2, 0.25) is 0 Å².